The summed E-state index contributed by atoms with van der Waals surface area (Å²) in [6.45, 7) is 4.51. The molecule has 1 saturated heterocycles. The van der Waals surface area contributed by atoms with Gasteiger partial charge in [0.15, 0.2) is 12.0 Å². The van der Waals surface area contributed by atoms with Crippen LogP contribution in [0.25, 0.3) is 16.6 Å². The molecule has 1 amide bonds. The molecule has 2 aromatic rings. The van der Waals surface area contributed by atoms with Crippen LogP contribution in [0, 0.1) is 0 Å². The van der Waals surface area contributed by atoms with E-state index in [9.17, 15) is 9.59 Å². The number of hydrogen-bond donors (Lipinski definition) is 1. The highest BCUT2D eigenvalue weighted by Gasteiger charge is 2.39. The van der Waals surface area contributed by atoms with Gasteiger partial charge in [-0.15, -0.1) is 0 Å². The van der Waals surface area contributed by atoms with Crippen LogP contribution in [0.3, 0.4) is 0 Å². The van der Waals surface area contributed by atoms with Crippen LogP contribution in [0.5, 0.6) is 5.75 Å². The minimum absolute atomic E-state index is 0.00377. The number of rotatable bonds is 5. The van der Waals surface area contributed by atoms with Crippen LogP contribution in [-0.4, -0.2) is 84.1 Å². The van der Waals surface area contributed by atoms with E-state index in [2.05, 4.69) is 9.89 Å². The number of imidazole rings is 1. The normalized spacial score (nSPS) is 21.2. The molecular formula is C23H28N5O4+. The molecule has 1 aromatic carbocycles. The van der Waals surface area contributed by atoms with E-state index < -0.39 is 6.04 Å². The Morgan fingerprint density at radius 1 is 1.16 bits per heavy atom. The number of hydrogen-bond acceptors (Lipinski definition) is 5. The van der Waals surface area contributed by atoms with Crippen molar-refractivity contribution in [3.63, 3.8) is 0 Å². The zero-order valence-electron chi connectivity index (χ0n) is 18.6. The number of carbonyl (C=O) groups excluding carboxylic acids is 1. The molecule has 1 N–H and O–H groups in total. The number of carbonyl (C=O) groups is 1. The summed E-state index contributed by atoms with van der Waals surface area (Å²) in [4.78, 5) is 32.7. The summed E-state index contributed by atoms with van der Waals surface area (Å²) in [7, 11) is 5.17. The quantitative estimate of drug-likeness (QED) is 0.645. The first-order chi connectivity index (χ1) is 15.5. The van der Waals surface area contributed by atoms with Crippen molar-refractivity contribution in [1.29, 1.82) is 0 Å². The molecule has 1 fully saturated rings. The molecule has 1 unspecified atom stereocenters. The lowest BCUT2D eigenvalue weighted by Crippen LogP contribution is -2.78. The fourth-order valence-corrected chi connectivity index (χ4v) is 4.79. The molecule has 0 saturated carbocycles. The van der Waals surface area contributed by atoms with Gasteiger partial charge in [0.05, 0.1) is 25.8 Å². The van der Waals surface area contributed by atoms with Gasteiger partial charge in [-0.2, -0.15) is 0 Å². The van der Waals surface area contributed by atoms with Crippen molar-refractivity contribution < 1.29 is 19.3 Å². The summed E-state index contributed by atoms with van der Waals surface area (Å²) in [6.07, 6.45) is 5.58. The van der Waals surface area contributed by atoms with Gasteiger partial charge in [0.2, 0.25) is 0 Å². The van der Waals surface area contributed by atoms with Crippen LogP contribution >= 0.6 is 0 Å². The Morgan fingerprint density at radius 2 is 1.94 bits per heavy atom. The summed E-state index contributed by atoms with van der Waals surface area (Å²) >= 11 is 0. The molecule has 1 atom stereocenters. The molecule has 3 aliphatic heterocycles. The lowest BCUT2D eigenvalue weighted by atomic mass is 9.90. The third-order valence-electron chi connectivity index (χ3n) is 6.56. The number of likely N-dealkylation sites (N-methyl/N-ethyl adjacent to an activating group) is 1. The van der Waals surface area contributed by atoms with Crippen molar-refractivity contribution in [3.8, 4) is 5.75 Å². The van der Waals surface area contributed by atoms with Gasteiger partial charge in [0.25, 0.3) is 11.9 Å². The highest BCUT2D eigenvalue weighted by molar-refractivity contribution is 6.03. The van der Waals surface area contributed by atoms with Gasteiger partial charge in [-0.3, -0.25) is 18.8 Å². The fourth-order valence-electron chi connectivity index (χ4n) is 4.79. The second kappa shape index (κ2) is 8.07. The molecule has 9 nitrogen and oxygen atoms in total. The molecular weight excluding hydrogens is 410 g/mol. The second-order valence-corrected chi connectivity index (χ2v) is 8.34. The van der Waals surface area contributed by atoms with Crippen molar-refractivity contribution in [3.05, 3.63) is 46.0 Å². The number of aryl methyl sites for hydroxylation is 1. The van der Waals surface area contributed by atoms with E-state index in [-0.39, 0.29) is 11.6 Å². The van der Waals surface area contributed by atoms with Gasteiger partial charge in [0.1, 0.15) is 5.52 Å². The Balaban J connectivity index is 1.62. The van der Waals surface area contributed by atoms with Crippen LogP contribution in [0.2, 0.25) is 0 Å². The van der Waals surface area contributed by atoms with Gasteiger partial charge in [0, 0.05) is 69.3 Å². The lowest BCUT2D eigenvalue weighted by molar-refractivity contribution is -0.467. The average Bonchev–Trinajstić information content (AvgIpc) is 3.39. The van der Waals surface area contributed by atoms with Gasteiger partial charge in [-0.05, 0) is 12.1 Å². The van der Waals surface area contributed by atoms with Crippen LogP contribution in [0.1, 0.15) is 5.56 Å². The molecule has 0 radical (unpaired) electrons. The number of nitrogens with one attached hydrogen (secondary N) is 1. The molecule has 9 heteroatoms. The first-order valence-electron chi connectivity index (χ1n) is 10.9. The van der Waals surface area contributed by atoms with E-state index in [1.54, 1.807) is 41.5 Å². The zero-order valence-corrected chi connectivity index (χ0v) is 18.6. The Labute approximate surface area is 185 Å². The topological polar surface area (TPSA) is 82.9 Å². The van der Waals surface area contributed by atoms with E-state index in [0.717, 1.165) is 60.6 Å². The third kappa shape index (κ3) is 3.20. The Hall–Kier alpha value is -3.17. The fraction of sp³-hybridized carbons (Fsp3) is 0.435. The summed E-state index contributed by atoms with van der Waals surface area (Å²) < 4.78 is 14.8. The Bertz CT molecular complexity index is 1230. The first kappa shape index (κ1) is 20.7. The largest absolute Gasteiger partial charge is 0.494 e. The van der Waals surface area contributed by atoms with Crippen molar-refractivity contribution in [2.24, 2.45) is 7.05 Å². The first-order valence-corrected chi connectivity index (χ1v) is 10.9. The minimum atomic E-state index is -0.403. The second-order valence-electron chi connectivity index (χ2n) is 8.34. The summed E-state index contributed by atoms with van der Waals surface area (Å²) in [5.74, 6) is 0.638. The molecule has 4 heterocycles. The molecule has 32 heavy (non-hydrogen) atoms. The molecule has 0 aliphatic carbocycles. The molecule has 0 spiro atoms. The van der Waals surface area contributed by atoms with Gasteiger partial charge >= 0.3 is 5.69 Å². The molecule has 0 bridgehead atoms. The number of amides is 1. The maximum absolute atomic E-state index is 13.1. The van der Waals surface area contributed by atoms with E-state index >= 15 is 0 Å². The van der Waals surface area contributed by atoms with Crippen LogP contribution in [0.4, 0.5) is 0 Å². The number of aromatic nitrogens is 2. The molecule has 1 aromatic heterocycles. The summed E-state index contributed by atoms with van der Waals surface area (Å²) in [5.41, 5.74) is 4.20. The van der Waals surface area contributed by atoms with E-state index in [1.807, 2.05) is 24.4 Å². The third-order valence-corrected chi connectivity index (χ3v) is 6.56. The number of methoxy groups -OCH3 is 1. The maximum atomic E-state index is 13.1. The number of benzene rings is 1. The number of morpholine rings is 1. The van der Waals surface area contributed by atoms with Gasteiger partial charge in [-0.25, -0.2) is 9.79 Å². The smallest absolute Gasteiger partial charge is 0.328 e. The van der Waals surface area contributed by atoms with Crippen molar-refractivity contribution in [2.75, 3.05) is 47.0 Å². The highest BCUT2D eigenvalue weighted by atomic mass is 16.5. The number of fused-ring (bicyclic) bond motifs is 2. The summed E-state index contributed by atoms with van der Waals surface area (Å²) in [6, 6.07) is 3.52. The van der Waals surface area contributed by atoms with Crippen molar-refractivity contribution in [1.82, 2.24) is 18.9 Å². The van der Waals surface area contributed by atoms with E-state index in [0.29, 0.717) is 12.3 Å². The molecule has 3 aliphatic rings. The summed E-state index contributed by atoms with van der Waals surface area (Å²) in [5, 5.41) is 0. The van der Waals surface area contributed by atoms with Gasteiger partial charge < -0.3 is 14.4 Å². The Morgan fingerprint density at radius 3 is 2.69 bits per heavy atom. The minimum Gasteiger partial charge on any atom is -0.494 e. The monoisotopic (exact) mass is 438 g/mol. The SMILES string of the molecule is COc1c(C2=CN(C)C(=O)C3[NH+]=CC=C23)ccc2c1n(CCN1CCOCC1)c(=O)n2C. The lowest BCUT2D eigenvalue weighted by Gasteiger charge is -2.27. The van der Waals surface area contributed by atoms with Crippen LogP contribution in [0.15, 0.2) is 34.8 Å². The van der Waals surface area contributed by atoms with E-state index in [4.69, 9.17) is 9.47 Å². The number of ether oxygens (including phenoxy) is 2. The predicted molar refractivity (Wildman–Crippen MR) is 121 cm³/mol. The molecule has 5 rings (SSSR count). The van der Waals surface area contributed by atoms with Crippen molar-refractivity contribution in [2.45, 2.75) is 12.6 Å². The average molecular weight is 439 g/mol. The Kier molecular flexibility index (Phi) is 5.22. The van der Waals surface area contributed by atoms with Gasteiger partial charge in [-0.1, -0.05) is 0 Å². The zero-order chi connectivity index (χ0) is 22.4. The standard InChI is InChI=1S/C23H27N5O4/c1-25-14-17(15-6-7-24-19(15)22(25)29)16-4-5-18-20(21(16)31-3)28(23(30)26(18)2)9-8-27-10-12-32-13-11-27/h4-7,14,19H,8-13H2,1-3H3/p+1. The van der Waals surface area contributed by atoms with E-state index in [1.165, 1.54) is 0 Å². The number of allylic oxidation sites excluding steroid dienone is 1. The van der Waals surface area contributed by atoms with Crippen molar-refractivity contribution >= 4 is 28.7 Å². The van der Waals surface area contributed by atoms with Crippen LogP contribution < -0.4 is 15.4 Å². The number of nitrogens with zero attached hydrogens (tertiary/aromatic N) is 4. The van der Waals surface area contributed by atoms with Crippen LogP contribution in [-0.2, 0) is 23.1 Å². The predicted octanol–water partition coefficient (Wildman–Crippen LogP) is -1.05. The molecule has 168 valence electrons. The highest BCUT2D eigenvalue weighted by Crippen LogP contribution is 2.39. The maximum Gasteiger partial charge on any atom is 0.328 e.